The molecule has 0 unspecified atom stereocenters. The smallest absolute Gasteiger partial charge is 0.191 e. The zero-order valence-corrected chi connectivity index (χ0v) is 22.2. The molecule has 3 rings (SSSR count). The Labute approximate surface area is 209 Å². The van der Waals surface area contributed by atoms with Gasteiger partial charge in [-0.2, -0.15) is 0 Å². The summed E-state index contributed by atoms with van der Waals surface area (Å²) in [6.45, 7) is 10.4. The van der Waals surface area contributed by atoms with Gasteiger partial charge < -0.3 is 19.9 Å². The number of hydrogen-bond donors (Lipinski definition) is 2. The highest BCUT2D eigenvalue weighted by atomic mass is 127. The molecule has 7 nitrogen and oxygen atoms in total. The minimum atomic E-state index is 0. The van der Waals surface area contributed by atoms with Gasteiger partial charge in [-0.15, -0.1) is 34.2 Å². The fourth-order valence-electron chi connectivity index (χ4n) is 3.83. The third-order valence-electron chi connectivity index (χ3n) is 5.49. The van der Waals surface area contributed by atoms with Crippen molar-refractivity contribution in [3.8, 4) is 5.75 Å². The number of aryl methyl sites for hydroxylation is 3. The number of nitrogens with one attached hydrogen (secondary N) is 2. The average Bonchev–Trinajstić information content (AvgIpc) is 3.00. The van der Waals surface area contributed by atoms with E-state index in [1.54, 1.807) is 0 Å². The van der Waals surface area contributed by atoms with Gasteiger partial charge in [0.15, 0.2) is 5.96 Å². The van der Waals surface area contributed by atoms with Gasteiger partial charge in [-0.1, -0.05) is 25.5 Å². The van der Waals surface area contributed by atoms with E-state index in [4.69, 9.17) is 9.73 Å². The molecule has 1 aromatic heterocycles. The fourth-order valence-corrected chi connectivity index (χ4v) is 3.83. The lowest BCUT2D eigenvalue weighted by atomic mass is 10.1. The number of hydrogen-bond acceptors (Lipinski definition) is 4. The summed E-state index contributed by atoms with van der Waals surface area (Å²) in [6.07, 6.45) is 7.75. The van der Waals surface area contributed by atoms with Crippen molar-refractivity contribution in [2.24, 2.45) is 4.99 Å². The summed E-state index contributed by atoms with van der Waals surface area (Å²) < 4.78 is 8.26. The van der Waals surface area contributed by atoms with Crippen LogP contribution in [0.25, 0.3) is 0 Å². The van der Waals surface area contributed by atoms with Gasteiger partial charge in [-0.05, 0) is 51.2 Å². The molecule has 0 saturated carbocycles. The first-order chi connectivity index (χ1) is 15.2. The number of aromatic nitrogens is 3. The van der Waals surface area contributed by atoms with Crippen molar-refractivity contribution in [2.45, 2.75) is 78.8 Å². The predicted octanol–water partition coefficient (Wildman–Crippen LogP) is 4.41. The molecule has 0 bridgehead atoms. The molecule has 2 N–H and O–H groups in total. The van der Waals surface area contributed by atoms with Crippen molar-refractivity contribution in [3.63, 3.8) is 0 Å². The molecule has 0 atom stereocenters. The quantitative estimate of drug-likeness (QED) is 0.197. The molecule has 1 aromatic carbocycles. The molecule has 0 fully saturated rings. The Morgan fingerprint density at radius 3 is 2.84 bits per heavy atom. The van der Waals surface area contributed by atoms with Crippen LogP contribution in [-0.4, -0.2) is 40.4 Å². The van der Waals surface area contributed by atoms with E-state index >= 15 is 0 Å². The van der Waals surface area contributed by atoms with Gasteiger partial charge in [0.05, 0.1) is 13.2 Å². The van der Waals surface area contributed by atoms with Gasteiger partial charge in [0.25, 0.3) is 0 Å². The SMILES string of the molecule is CCCOc1cc(C)ccc1CN=C(NCC)NCCCc1nnc2n1CCCCC2.I. The average molecular weight is 555 g/mol. The Bertz CT molecular complexity index is 851. The standard InChI is InChI=1S/C24H38N6O.HI/c1-4-16-31-21-17-19(3)12-13-20(21)18-27-24(25-5-2)26-14-9-11-23-29-28-22-10-7-6-8-15-30(22)23;/h12-13,17H,4-11,14-16,18H2,1-3H3,(H2,25,26,27);1H. The highest BCUT2D eigenvalue weighted by Crippen LogP contribution is 2.21. The Morgan fingerprint density at radius 1 is 1.16 bits per heavy atom. The zero-order valence-electron chi connectivity index (χ0n) is 19.8. The van der Waals surface area contributed by atoms with Crippen LogP contribution in [0, 0.1) is 6.92 Å². The van der Waals surface area contributed by atoms with E-state index in [1.165, 1.54) is 24.8 Å². The molecule has 2 aromatic rings. The molecule has 0 spiro atoms. The van der Waals surface area contributed by atoms with E-state index in [1.807, 2.05) is 0 Å². The van der Waals surface area contributed by atoms with Crippen LogP contribution >= 0.6 is 24.0 Å². The monoisotopic (exact) mass is 554 g/mol. The Balaban J connectivity index is 0.00000363. The van der Waals surface area contributed by atoms with Gasteiger partial charge in [0, 0.05) is 38.0 Å². The van der Waals surface area contributed by atoms with Crippen molar-refractivity contribution in [1.82, 2.24) is 25.4 Å². The fraction of sp³-hybridized carbons (Fsp3) is 0.625. The molecule has 0 aliphatic carbocycles. The first kappa shape index (κ1) is 26.4. The number of rotatable bonds is 10. The zero-order chi connectivity index (χ0) is 21.9. The topological polar surface area (TPSA) is 76.4 Å². The molecule has 1 aliphatic rings. The number of aliphatic imine (C=N–C) groups is 1. The minimum Gasteiger partial charge on any atom is -0.493 e. The van der Waals surface area contributed by atoms with Crippen LogP contribution < -0.4 is 15.4 Å². The second kappa shape index (κ2) is 14.3. The number of halogens is 1. The first-order valence-electron chi connectivity index (χ1n) is 11.9. The first-order valence-corrected chi connectivity index (χ1v) is 11.9. The molecule has 8 heteroatoms. The largest absolute Gasteiger partial charge is 0.493 e. The van der Waals surface area contributed by atoms with Gasteiger partial charge in [0.1, 0.15) is 17.4 Å². The molecule has 0 radical (unpaired) electrons. The third kappa shape index (κ3) is 7.94. The van der Waals surface area contributed by atoms with E-state index in [0.717, 1.165) is 80.8 Å². The summed E-state index contributed by atoms with van der Waals surface area (Å²) in [6, 6.07) is 6.33. The van der Waals surface area contributed by atoms with E-state index in [9.17, 15) is 0 Å². The van der Waals surface area contributed by atoms with Crippen LogP contribution in [-0.2, 0) is 25.9 Å². The lowest BCUT2D eigenvalue weighted by Crippen LogP contribution is -2.38. The summed E-state index contributed by atoms with van der Waals surface area (Å²) in [5.74, 6) is 4.06. The van der Waals surface area contributed by atoms with Crippen LogP contribution in [0.5, 0.6) is 5.75 Å². The molecule has 2 heterocycles. The Kier molecular flexibility index (Phi) is 11.8. The van der Waals surface area contributed by atoms with E-state index < -0.39 is 0 Å². The molecule has 0 amide bonds. The van der Waals surface area contributed by atoms with Gasteiger partial charge >= 0.3 is 0 Å². The predicted molar refractivity (Wildman–Crippen MR) is 141 cm³/mol. The van der Waals surface area contributed by atoms with Crippen molar-refractivity contribution in [1.29, 1.82) is 0 Å². The number of benzene rings is 1. The number of ether oxygens (including phenoxy) is 1. The Morgan fingerprint density at radius 2 is 2.03 bits per heavy atom. The van der Waals surface area contributed by atoms with Crippen LogP contribution in [0.1, 0.15) is 68.7 Å². The number of guanidine groups is 1. The summed E-state index contributed by atoms with van der Waals surface area (Å²) in [5, 5.41) is 15.6. The molecule has 0 saturated heterocycles. The van der Waals surface area contributed by atoms with Crippen LogP contribution in [0.4, 0.5) is 0 Å². The lowest BCUT2D eigenvalue weighted by Gasteiger charge is -2.13. The van der Waals surface area contributed by atoms with E-state index in [2.05, 4.69) is 64.4 Å². The van der Waals surface area contributed by atoms with Crippen molar-refractivity contribution in [3.05, 3.63) is 41.0 Å². The van der Waals surface area contributed by atoms with Gasteiger partial charge in [-0.3, -0.25) is 0 Å². The highest BCUT2D eigenvalue weighted by molar-refractivity contribution is 14.0. The minimum absolute atomic E-state index is 0. The summed E-state index contributed by atoms with van der Waals surface area (Å²) in [4.78, 5) is 4.78. The molecule has 1 aliphatic heterocycles. The molecule has 32 heavy (non-hydrogen) atoms. The molecule has 178 valence electrons. The van der Waals surface area contributed by atoms with Gasteiger partial charge in [0.2, 0.25) is 0 Å². The van der Waals surface area contributed by atoms with Crippen molar-refractivity contribution >= 4 is 29.9 Å². The summed E-state index contributed by atoms with van der Waals surface area (Å²) in [7, 11) is 0. The van der Waals surface area contributed by atoms with Crippen LogP contribution in [0.2, 0.25) is 0 Å². The molecular formula is C24H39IN6O. The van der Waals surface area contributed by atoms with E-state index in [0.29, 0.717) is 6.54 Å². The maximum absolute atomic E-state index is 5.93. The van der Waals surface area contributed by atoms with Crippen molar-refractivity contribution in [2.75, 3.05) is 19.7 Å². The lowest BCUT2D eigenvalue weighted by molar-refractivity contribution is 0.314. The van der Waals surface area contributed by atoms with Crippen LogP contribution in [0.3, 0.4) is 0 Å². The van der Waals surface area contributed by atoms with Gasteiger partial charge in [-0.25, -0.2) is 4.99 Å². The summed E-state index contributed by atoms with van der Waals surface area (Å²) in [5.41, 5.74) is 2.32. The molecular weight excluding hydrogens is 515 g/mol. The second-order valence-corrected chi connectivity index (χ2v) is 8.18. The van der Waals surface area contributed by atoms with E-state index in [-0.39, 0.29) is 24.0 Å². The maximum atomic E-state index is 5.93. The summed E-state index contributed by atoms with van der Waals surface area (Å²) >= 11 is 0. The van der Waals surface area contributed by atoms with Crippen LogP contribution in [0.15, 0.2) is 23.2 Å². The second-order valence-electron chi connectivity index (χ2n) is 8.18. The maximum Gasteiger partial charge on any atom is 0.191 e. The number of fused-ring (bicyclic) bond motifs is 1. The normalized spacial score (nSPS) is 13.7. The third-order valence-corrected chi connectivity index (χ3v) is 5.49. The highest BCUT2D eigenvalue weighted by Gasteiger charge is 2.14. The Hall–Kier alpha value is -1.84. The number of nitrogens with zero attached hydrogens (tertiary/aromatic N) is 4. The van der Waals surface area contributed by atoms with Crippen molar-refractivity contribution < 1.29 is 4.74 Å².